The topological polar surface area (TPSA) is 12.0 Å². The minimum absolute atomic E-state index is 0.464. The Morgan fingerprint density at radius 2 is 2.13 bits per heavy atom. The Hall–Kier alpha value is -0.530. The highest BCUT2D eigenvalue weighted by Crippen LogP contribution is 2.32. The average molecular weight is 224 g/mol. The van der Waals surface area contributed by atoms with Crippen molar-refractivity contribution in [3.05, 3.63) is 33.8 Å². The highest BCUT2D eigenvalue weighted by atomic mass is 35.5. The second kappa shape index (κ2) is 4.15. The van der Waals surface area contributed by atoms with Crippen LogP contribution in [0.2, 0.25) is 5.02 Å². The number of hydrogen-bond donors (Lipinski definition) is 1. The van der Waals surface area contributed by atoms with E-state index >= 15 is 0 Å². The second-order valence-corrected chi connectivity index (χ2v) is 5.15. The molecule has 2 rings (SSSR count). The zero-order chi connectivity index (χ0) is 11.0. The van der Waals surface area contributed by atoms with Crippen LogP contribution >= 0.6 is 11.6 Å². The molecule has 0 fully saturated rings. The fraction of sp³-hybridized carbons (Fsp3) is 0.538. The van der Waals surface area contributed by atoms with E-state index in [0.29, 0.717) is 12.0 Å². The molecule has 82 valence electrons. The van der Waals surface area contributed by atoms with Gasteiger partial charge in [-0.2, -0.15) is 0 Å². The van der Waals surface area contributed by atoms with E-state index in [0.717, 1.165) is 18.0 Å². The third-order valence-corrected chi connectivity index (χ3v) is 3.43. The van der Waals surface area contributed by atoms with Gasteiger partial charge in [0.05, 0.1) is 0 Å². The standard InChI is InChI=1S/C13H18ClN/c1-8(2)13-12-7-10(14)6-9(3)11(12)4-5-15-13/h6-8,13,15H,4-5H2,1-3H3. The predicted octanol–water partition coefficient (Wildman–Crippen LogP) is 3.49. The van der Waals surface area contributed by atoms with E-state index in [9.17, 15) is 0 Å². The third kappa shape index (κ3) is 2.04. The Morgan fingerprint density at radius 1 is 1.40 bits per heavy atom. The summed E-state index contributed by atoms with van der Waals surface area (Å²) in [6, 6.07) is 4.66. The highest BCUT2D eigenvalue weighted by molar-refractivity contribution is 6.30. The van der Waals surface area contributed by atoms with E-state index in [4.69, 9.17) is 11.6 Å². The summed E-state index contributed by atoms with van der Waals surface area (Å²) in [5.41, 5.74) is 4.24. The molecule has 1 unspecified atom stereocenters. The minimum atomic E-state index is 0.464. The lowest BCUT2D eigenvalue weighted by Gasteiger charge is -2.31. The van der Waals surface area contributed by atoms with Gasteiger partial charge in [-0.25, -0.2) is 0 Å². The quantitative estimate of drug-likeness (QED) is 0.769. The number of aryl methyl sites for hydroxylation is 1. The van der Waals surface area contributed by atoms with Crippen molar-refractivity contribution >= 4 is 11.6 Å². The molecule has 2 heteroatoms. The van der Waals surface area contributed by atoms with Gasteiger partial charge in [-0.1, -0.05) is 25.4 Å². The first-order valence-electron chi connectivity index (χ1n) is 5.62. The maximum absolute atomic E-state index is 6.12. The van der Waals surface area contributed by atoms with Crippen molar-refractivity contribution in [2.24, 2.45) is 5.92 Å². The maximum atomic E-state index is 6.12. The molecule has 1 N–H and O–H groups in total. The van der Waals surface area contributed by atoms with Gasteiger partial charge in [-0.3, -0.25) is 0 Å². The zero-order valence-electron chi connectivity index (χ0n) is 9.60. The van der Waals surface area contributed by atoms with Crippen LogP contribution in [0.15, 0.2) is 12.1 Å². The molecule has 1 heterocycles. The van der Waals surface area contributed by atoms with Crippen molar-refractivity contribution in [2.75, 3.05) is 6.54 Å². The van der Waals surface area contributed by atoms with E-state index in [-0.39, 0.29) is 0 Å². The molecule has 1 atom stereocenters. The lowest BCUT2D eigenvalue weighted by Crippen LogP contribution is -2.33. The Balaban J connectivity index is 2.50. The van der Waals surface area contributed by atoms with Crippen LogP contribution in [0.4, 0.5) is 0 Å². The van der Waals surface area contributed by atoms with Crippen molar-refractivity contribution in [2.45, 2.75) is 33.2 Å². The van der Waals surface area contributed by atoms with Crippen molar-refractivity contribution in [1.29, 1.82) is 0 Å². The summed E-state index contributed by atoms with van der Waals surface area (Å²) < 4.78 is 0. The molecule has 0 amide bonds. The molecule has 1 aliphatic rings. The van der Waals surface area contributed by atoms with Crippen molar-refractivity contribution in [3.63, 3.8) is 0 Å². The molecular weight excluding hydrogens is 206 g/mol. The smallest absolute Gasteiger partial charge is 0.0412 e. The summed E-state index contributed by atoms with van der Waals surface area (Å²) >= 11 is 6.12. The van der Waals surface area contributed by atoms with Gasteiger partial charge < -0.3 is 5.32 Å². The third-order valence-electron chi connectivity index (χ3n) is 3.21. The molecule has 0 radical (unpaired) electrons. The van der Waals surface area contributed by atoms with Crippen LogP contribution in [-0.2, 0) is 6.42 Å². The number of hydrogen-bond acceptors (Lipinski definition) is 1. The molecule has 1 aromatic rings. The molecule has 0 aliphatic carbocycles. The van der Waals surface area contributed by atoms with Crippen LogP contribution < -0.4 is 5.32 Å². The van der Waals surface area contributed by atoms with Gasteiger partial charge >= 0.3 is 0 Å². The molecule has 15 heavy (non-hydrogen) atoms. The largest absolute Gasteiger partial charge is 0.309 e. The van der Waals surface area contributed by atoms with E-state index in [1.54, 1.807) is 0 Å². The van der Waals surface area contributed by atoms with Gasteiger partial charge in [0.25, 0.3) is 0 Å². The summed E-state index contributed by atoms with van der Waals surface area (Å²) in [7, 11) is 0. The van der Waals surface area contributed by atoms with Gasteiger partial charge in [0, 0.05) is 11.1 Å². The molecule has 0 bridgehead atoms. The number of nitrogens with one attached hydrogen (secondary N) is 1. The van der Waals surface area contributed by atoms with Crippen LogP contribution in [0.3, 0.4) is 0 Å². The lowest BCUT2D eigenvalue weighted by molar-refractivity contribution is 0.395. The van der Waals surface area contributed by atoms with Crippen molar-refractivity contribution in [3.8, 4) is 0 Å². The first-order chi connectivity index (χ1) is 7.09. The first-order valence-corrected chi connectivity index (χ1v) is 5.99. The van der Waals surface area contributed by atoms with Crippen LogP contribution in [-0.4, -0.2) is 6.54 Å². The molecule has 0 aromatic heterocycles. The maximum Gasteiger partial charge on any atom is 0.0412 e. The Bertz CT molecular complexity index is 371. The van der Waals surface area contributed by atoms with Gasteiger partial charge in [0.1, 0.15) is 0 Å². The monoisotopic (exact) mass is 223 g/mol. The van der Waals surface area contributed by atoms with Gasteiger partial charge in [0.2, 0.25) is 0 Å². The molecule has 1 aliphatic heterocycles. The lowest BCUT2D eigenvalue weighted by atomic mass is 9.86. The summed E-state index contributed by atoms with van der Waals surface area (Å²) in [6.45, 7) is 7.75. The minimum Gasteiger partial charge on any atom is -0.309 e. The molecule has 1 nitrogen and oxygen atoms in total. The fourth-order valence-electron chi connectivity index (χ4n) is 2.48. The van der Waals surface area contributed by atoms with Crippen molar-refractivity contribution < 1.29 is 0 Å². The number of halogens is 1. The van der Waals surface area contributed by atoms with E-state index < -0.39 is 0 Å². The van der Waals surface area contributed by atoms with E-state index in [1.165, 1.54) is 16.7 Å². The molecule has 0 saturated carbocycles. The van der Waals surface area contributed by atoms with E-state index in [1.807, 2.05) is 0 Å². The number of fused-ring (bicyclic) bond motifs is 1. The van der Waals surface area contributed by atoms with Gasteiger partial charge in [-0.15, -0.1) is 0 Å². The summed E-state index contributed by atoms with van der Waals surface area (Å²) in [5.74, 6) is 0.613. The van der Waals surface area contributed by atoms with Gasteiger partial charge in [0.15, 0.2) is 0 Å². The van der Waals surface area contributed by atoms with Gasteiger partial charge in [-0.05, 0) is 54.6 Å². The summed E-state index contributed by atoms with van der Waals surface area (Å²) in [4.78, 5) is 0. The Labute approximate surface area is 96.8 Å². The predicted molar refractivity (Wildman–Crippen MR) is 65.5 cm³/mol. The van der Waals surface area contributed by atoms with Crippen molar-refractivity contribution in [1.82, 2.24) is 5.32 Å². The SMILES string of the molecule is Cc1cc(Cl)cc2c1CCNC2C(C)C. The van der Waals surface area contributed by atoms with E-state index in [2.05, 4.69) is 38.2 Å². The Kier molecular flexibility index (Phi) is 3.03. The summed E-state index contributed by atoms with van der Waals surface area (Å²) in [5, 5.41) is 4.43. The number of rotatable bonds is 1. The normalized spacial score (nSPS) is 20.5. The molecule has 1 aromatic carbocycles. The molecule has 0 saturated heterocycles. The van der Waals surface area contributed by atoms with Crippen LogP contribution in [0.5, 0.6) is 0 Å². The molecule has 0 spiro atoms. The Morgan fingerprint density at radius 3 is 2.80 bits per heavy atom. The number of benzene rings is 1. The zero-order valence-corrected chi connectivity index (χ0v) is 10.4. The van der Waals surface area contributed by atoms with Crippen LogP contribution in [0.25, 0.3) is 0 Å². The van der Waals surface area contributed by atoms with Crippen LogP contribution in [0.1, 0.15) is 36.6 Å². The average Bonchev–Trinajstić information content (AvgIpc) is 2.16. The fourth-order valence-corrected chi connectivity index (χ4v) is 2.76. The molecular formula is C13H18ClN. The summed E-state index contributed by atoms with van der Waals surface area (Å²) in [6.07, 6.45) is 1.13. The van der Waals surface area contributed by atoms with Crippen LogP contribution in [0, 0.1) is 12.8 Å². The first kappa shape index (κ1) is 11.0. The second-order valence-electron chi connectivity index (χ2n) is 4.72. The highest BCUT2D eigenvalue weighted by Gasteiger charge is 2.23.